The predicted molar refractivity (Wildman–Crippen MR) is 77.3 cm³/mol. The Hall–Kier alpha value is -1.84. The van der Waals surface area contributed by atoms with Gasteiger partial charge in [0.2, 0.25) is 0 Å². The summed E-state index contributed by atoms with van der Waals surface area (Å²) in [6.45, 7) is 6.18. The number of Topliss-reactive ketones (excluding diaryl/α,β-unsaturated/α-hetero) is 1. The normalized spacial score (nSPS) is 10.4. The van der Waals surface area contributed by atoms with Gasteiger partial charge in [-0.2, -0.15) is 0 Å². The molecule has 4 heteroatoms. The first-order chi connectivity index (χ1) is 9.49. The van der Waals surface area contributed by atoms with Gasteiger partial charge >= 0.3 is 5.97 Å². The highest BCUT2D eigenvalue weighted by Gasteiger charge is 2.14. The minimum Gasteiger partial charge on any atom is -0.496 e. The molecule has 1 aromatic carbocycles. The molecule has 0 bridgehead atoms. The van der Waals surface area contributed by atoms with Crippen LogP contribution in [0.3, 0.4) is 0 Å². The van der Waals surface area contributed by atoms with Gasteiger partial charge in [-0.15, -0.1) is 0 Å². The quantitative estimate of drug-likeness (QED) is 0.567. The second-order valence-electron chi connectivity index (χ2n) is 4.84. The molecule has 0 heterocycles. The zero-order chi connectivity index (χ0) is 15.1. The molecule has 110 valence electrons. The van der Waals surface area contributed by atoms with Gasteiger partial charge in [0.25, 0.3) is 0 Å². The number of rotatable bonds is 7. The third kappa shape index (κ3) is 4.37. The van der Waals surface area contributed by atoms with Crippen LogP contribution in [0.4, 0.5) is 0 Å². The molecule has 0 saturated heterocycles. The van der Waals surface area contributed by atoms with Crippen molar-refractivity contribution in [2.45, 2.75) is 39.5 Å². The lowest BCUT2D eigenvalue weighted by Gasteiger charge is -2.13. The van der Waals surface area contributed by atoms with Gasteiger partial charge in [0.15, 0.2) is 5.78 Å². The van der Waals surface area contributed by atoms with Crippen LogP contribution in [0.15, 0.2) is 18.2 Å². The third-order valence-corrected chi connectivity index (χ3v) is 3.04. The molecule has 0 atom stereocenters. The molecular weight excluding hydrogens is 256 g/mol. The highest BCUT2D eigenvalue weighted by atomic mass is 16.5. The van der Waals surface area contributed by atoms with Crippen LogP contribution in [0.5, 0.6) is 5.75 Å². The number of hydrogen-bond acceptors (Lipinski definition) is 4. The Morgan fingerprint density at radius 3 is 2.45 bits per heavy atom. The number of carbonyl (C=O) groups is 2. The van der Waals surface area contributed by atoms with E-state index in [1.807, 2.05) is 19.9 Å². The lowest BCUT2D eigenvalue weighted by molar-refractivity contribution is -0.143. The standard InChI is InChI=1S/C16H22O4/c1-5-20-16(18)9-7-14(17)12-6-8-15(19-4)13(10-12)11(2)3/h6,8,10-11H,5,7,9H2,1-4H3. The van der Waals surface area contributed by atoms with Crippen LogP contribution >= 0.6 is 0 Å². The second-order valence-corrected chi connectivity index (χ2v) is 4.84. The first-order valence-electron chi connectivity index (χ1n) is 6.86. The number of carbonyl (C=O) groups excluding carboxylic acids is 2. The maximum Gasteiger partial charge on any atom is 0.306 e. The van der Waals surface area contributed by atoms with Crippen LogP contribution in [0.25, 0.3) is 0 Å². The van der Waals surface area contributed by atoms with E-state index >= 15 is 0 Å². The zero-order valence-electron chi connectivity index (χ0n) is 12.6. The Morgan fingerprint density at radius 1 is 1.20 bits per heavy atom. The minimum absolute atomic E-state index is 0.0531. The van der Waals surface area contributed by atoms with E-state index in [1.165, 1.54) is 0 Å². The molecule has 1 rings (SSSR count). The number of esters is 1. The van der Waals surface area contributed by atoms with E-state index in [1.54, 1.807) is 26.2 Å². The van der Waals surface area contributed by atoms with Crippen molar-refractivity contribution in [3.8, 4) is 5.75 Å². The highest BCUT2D eigenvalue weighted by Crippen LogP contribution is 2.27. The molecular formula is C16H22O4. The molecule has 0 radical (unpaired) electrons. The van der Waals surface area contributed by atoms with Gasteiger partial charge in [0.1, 0.15) is 5.75 Å². The van der Waals surface area contributed by atoms with Gasteiger partial charge in [0.05, 0.1) is 20.1 Å². The van der Waals surface area contributed by atoms with Crippen molar-refractivity contribution in [1.82, 2.24) is 0 Å². The minimum atomic E-state index is -0.335. The van der Waals surface area contributed by atoms with Crippen molar-refractivity contribution in [2.75, 3.05) is 13.7 Å². The van der Waals surface area contributed by atoms with Crippen molar-refractivity contribution in [3.05, 3.63) is 29.3 Å². The average Bonchev–Trinajstić information content (AvgIpc) is 2.44. The fourth-order valence-corrected chi connectivity index (χ4v) is 1.95. The van der Waals surface area contributed by atoms with Crippen molar-refractivity contribution >= 4 is 11.8 Å². The van der Waals surface area contributed by atoms with E-state index in [9.17, 15) is 9.59 Å². The number of hydrogen-bond donors (Lipinski definition) is 0. The molecule has 4 nitrogen and oxygen atoms in total. The Kier molecular flexibility index (Phi) is 6.22. The van der Waals surface area contributed by atoms with Gasteiger partial charge in [-0.3, -0.25) is 9.59 Å². The van der Waals surface area contributed by atoms with E-state index in [0.717, 1.165) is 11.3 Å². The van der Waals surface area contributed by atoms with E-state index < -0.39 is 0 Å². The van der Waals surface area contributed by atoms with Gasteiger partial charge in [-0.1, -0.05) is 13.8 Å². The Bertz CT molecular complexity index is 477. The summed E-state index contributed by atoms with van der Waals surface area (Å²) < 4.78 is 10.1. The predicted octanol–water partition coefficient (Wildman–Crippen LogP) is 3.34. The lowest BCUT2D eigenvalue weighted by Crippen LogP contribution is -2.08. The maximum absolute atomic E-state index is 12.1. The van der Waals surface area contributed by atoms with Gasteiger partial charge in [-0.25, -0.2) is 0 Å². The van der Waals surface area contributed by atoms with Gasteiger partial charge < -0.3 is 9.47 Å². The summed E-state index contributed by atoms with van der Waals surface area (Å²) in [6.07, 6.45) is 0.290. The van der Waals surface area contributed by atoms with Crippen LogP contribution in [-0.2, 0) is 9.53 Å². The molecule has 0 saturated carbocycles. The summed E-state index contributed by atoms with van der Waals surface area (Å²) in [7, 11) is 1.61. The van der Waals surface area contributed by atoms with E-state index in [2.05, 4.69) is 0 Å². The molecule has 0 N–H and O–H groups in total. The summed E-state index contributed by atoms with van der Waals surface area (Å²) >= 11 is 0. The Morgan fingerprint density at radius 2 is 1.90 bits per heavy atom. The SMILES string of the molecule is CCOC(=O)CCC(=O)c1ccc(OC)c(C(C)C)c1. The number of benzene rings is 1. The molecule has 0 aliphatic heterocycles. The van der Waals surface area contributed by atoms with Gasteiger partial charge in [0, 0.05) is 12.0 Å². The monoisotopic (exact) mass is 278 g/mol. The number of methoxy groups -OCH3 is 1. The van der Waals surface area contributed by atoms with E-state index in [4.69, 9.17) is 9.47 Å². The van der Waals surface area contributed by atoms with Crippen LogP contribution in [-0.4, -0.2) is 25.5 Å². The van der Waals surface area contributed by atoms with E-state index in [-0.39, 0.29) is 30.5 Å². The van der Waals surface area contributed by atoms with Crippen LogP contribution in [0.2, 0.25) is 0 Å². The van der Waals surface area contributed by atoms with Crippen molar-refractivity contribution < 1.29 is 19.1 Å². The zero-order valence-corrected chi connectivity index (χ0v) is 12.6. The number of ketones is 1. The third-order valence-electron chi connectivity index (χ3n) is 3.04. The highest BCUT2D eigenvalue weighted by molar-refractivity contribution is 5.97. The molecule has 20 heavy (non-hydrogen) atoms. The van der Waals surface area contributed by atoms with Crippen LogP contribution in [0.1, 0.15) is 55.5 Å². The van der Waals surface area contributed by atoms with Gasteiger partial charge in [-0.05, 0) is 36.6 Å². The number of ether oxygens (including phenoxy) is 2. The molecule has 0 aliphatic rings. The van der Waals surface area contributed by atoms with E-state index in [0.29, 0.717) is 12.2 Å². The maximum atomic E-state index is 12.1. The molecule has 0 fully saturated rings. The summed E-state index contributed by atoms with van der Waals surface area (Å²) in [4.78, 5) is 23.3. The largest absolute Gasteiger partial charge is 0.496 e. The molecule has 0 aliphatic carbocycles. The van der Waals surface area contributed by atoms with Crippen LogP contribution < -0.4 is 4.74 Å². The summed E-state index contributed by atoms with van der Waals surface area (Å²) in [5.41, 5.74) is 1.60. The first kappa shape index (κ1) is 16.2. The smallest absolute Gasteiger partial charge is 0.306 e. The van der Waals surface area contributed by atoms with Crippen molar-refractivity contribution in [2.24, 2.45) is 0 Å². The molecule has 1 aromatic rings. The molecule has 0 aromatic heterocycles. The summed E-state index contributed by atoms with van der Waals surface area (Å²) in [5, 5.41) is 0. The Balaban J connectivity index is 2.78. The average molecular weight is 278 g/mol. The summed E-state index contributed by atoms with van der Waals surface area (Å²) in [5.74, 6) is 0.658. The fraction of sp³-hybridized carbons (Fsp3) is 0.500. The second kappa shape index (κ2) is 7.68. The molecule has 0 amide bonds. The Labute approximate surface area is 120 Å². The fourth-order valence-electron chi connectivity index (χ4n) is 1.95. The molecule has 0 unspecified atom stereocenters. The van der Waals surface area contributed by atoms with Crippen molar-refractivity contribution in [1.29, 1.82) is 0 Å². The van der Waals surface area contributed by atoms with Crippen LogP contribution in [0, 0.1) is 0 Å². The summed E-state index contributed by atoms with van der Waals surface area (Å²) in [6, 6.07) is 5.38. The first-order valence-corrected chi connectivity index (χ1v) is 6.86. The topological polar surface area (TPSA) is 52.6 Å². The lowest BCUT2D eigenvalue weighted by atomic mass is 9.97. The molecule has 0 spiro atoms. The van der Waals surface area contributed by atoms with Crippen molar-refractivity contribution in [3.63, 3.8) is 0 Å².